The monoisotopic (exact) mass is 711 g/mol. The van der Waals surface area contributed by atoms with E-state index < -0.39 is 47.2 Å². The number of ether oxygens (including phenoxy) is 3. The van der Waals surface area contributed by atoms with Crippen LogP contribution in [0.5, 0.6) is 5.88 Å². The second kappa shape index (κ2) is 13.9. The molecular formula is C36H46BrN3O7. The molecule has 1 saturated heterocycles. The average Bonchev–Trinajstić information content (AvgIpc) is 3.57. The molecule has 1 aliphatic carbocycles. The van der Waals surface area contributed by atoms with E-state index in [1.165, 1.54) is 4.90 Å². The molecule has 0 unspecified atom stereocenters. The van der Waals surface area contributed by atoms with Gasteiger partial charge in [0.05, 0.1) is 23.1 Å². The number of amides is 3. The molecule has 11 heteroatoms. The van der Waals surface area contributed by atoms with E-state index in [9.17, 15) is 19.2 Å². The van der Waals surface area contributed by atoms with Gasteiger partial charge < -0.3 is 19.1 Å². The normalized spacial score (nSPS) is 27.7. The summed E-state index contributed by atoms with van der Waals surface area (Å²) in [6.07, 6.45) is 6.95. The fourth-order valence-corrected chi connectivity index (χ4v) is 7.12. The lowest BCUT2D eigenvalue weighted by molar-refractivity contribution is -0.159. The predicted molar refractivity (Wildman–Crippen MR) is 181 cm³/mol. The fraction of sp³-hybridized carbons (Fsp3) is 0.583. The maximum atomic E-state index is 14.8. The molecule has 10 nitrogen and oxygen atoms in total. The minimum atomic E-state index is -1.56. The zero-order valence-corrected chi connectivity index (χ0v) is 29.8. The highest BCUT2D eigenvalue weighted by Crippen LogP contribution is 2.52. The fourth-order valence-electron chi connectivity index (χ4n) is 6.73. The molecule has 3 heterocycles. The van der Waals surface area contributed by atoms with Gasteiger partial charge >= 0.3 is 12.1 Å². The minimum Gasteiger partial charge on any atom is -0.472 e. The number of allylic oxidation sites excluding steroid dienone is 1. The van der Waals surface area contributed by atoms with Crippen molar-refractivity contribution in [3.63, 3.8) is 0 Å². The zero-order valence-electron chi connectivity index (χ0n) is 28.2. The summed E-state index contributed by atoms with van der Waals surface area (Å²) in [6.45, 7) is 10.9. The first-order chi connectivity index (χ1) is 22.3. The van der Waals surface area contributed by atoms with Gasteiger partial charge in [0.2, 0.25) is 11.8 Å². The molecule has 0 radical (unpaired) electrons. The molecular weight excluding hydrogens is 666 g/mol. The van der Waals surface area contributed by atoms with Crippen molar-refractivity contribution < 1.29 is 33.4 Å². The molecule has 1 aromatic heterocycles. The number of carbonyl (C=O) groups is 4. The molecule has 0 spiro atoms. The third-order valence-corrected chi connectivity index (χ3v) is 10.2. The SMILES string of the molecule is CCOC(=O)[C@@]12C[C@H]1/C=C\CCCCC[C@H](C)C(=O)N1C[C@H](Oc3nc4ccccc4c(C)c3Br)C[C@H]1C(=O)N2C(=O)OC(C)(C)C. The molecule has 0 N–H and O–H groups in total. The standard InChI is InChI=1S/C36H46BrN3O7/c1-7-45-33(43)36-20-24(36)16-12-10-8-9-11-15-22(2)31(41)39-21-25(19-28(39)32(42)40(36)34(44)47-35(4,5)6)46-30-29(37)23(3)26-17-13-14-18-27(26)38-30/h12-14,16-18,22,24-25,28H,7-11,15,19-21H2,1-6H3/b16-12-/t22-,24+,25+,28-,36+/m0/s1. The van der Waals surface area contributed by atoms with Gasteiger partial charge in [-0.2, -0.15) is 0 Å². The number of imide groups is 1. The van der Waals surface area contributed by atoms with Crippen LogP contribution >= 0.6 is 15.9 Å². The van der Waals surface area contributed by atoms with Crippen LogP contribution in [0, 0.1) is 18.8 Å². The molecule has 3 aliphatic rings. The summed E-state index contributed by atoms with van der Waals surface area (Å²) in [5.74, 6) is -1.94. The van der Waals surface area contributed by atoms with E-state index in [4.69, 9.17) is 19.2 Å². The Bertz CT molecular complexity index is 1570. The summed E-state index contributed by atoms with van der Waals surface area (Å²) in [5, 5.41) is 0.982. The number of esters is 1. The van der Waals surface area contributed by atoms with Crippen molar-refractivity contribution in [2.45, 2.75) is 110 Å². The van der Waals surface area contributed by atoms with Gasteiger partial charge in [-0.25, -0.2) is 19.5 Å². The Morgan fingerprint density at radius 3 is 2.57 bits per heavy atom. The summed E-state index contributed by atoms with van der Waals surface area (Å²) in [5.41, 5.74) is -0.788. The number of fused-ring (bicyclic) bond motifs is 3. The van der Waals surface area contributed by atoms with Crippen LogP contribution in [0.25, 0.3) is 10.9 Å². The number of carbonyl (C=O) groups excluding carboxylic acids is 4. The Kier molecular flexibility index (Phi) is 10.3. The number of pyridine rings is 1. The minimum absolute atomic E-state index is 0.0852. The molecule has 5 rings (SSSR count). The second-order valence-corrected chi connectivity index (χ2v) is 14.7. The summed E-state index contributed by atoms with van der Waals surface area (Å²) >= 11 is 3.65. The number of para-hydroxylation sites is 1. The summed E-state index contributed by atoms with van der Waals surface area (Å²) in [6, 6.07) is 6.68. The highest BCUT2D eigenvalue weighted by atomic mass is 79.9. The van der Waals surface area contributed by atoms with Gasteiger partial charge in [-0.1, -0.05) is 50.1 Å². The number of aromatic nitrogens is 1. The molecule has 5 atom stereocenters. The molecule has 254 valence electrons. The van der Waals surface area contributed by atoms with E-state index in [2.05, 4.69) is 15.9 Å². The van der Waals surface area contributed by atoms with Crippen LogP contribution in [0.2, 0.25) is 0 Å². The number of hydrogen-bond acceptors (Lipinski definition) is 8. The van der Waals surface area contributed by atoms with Crippen LogP contribution in [0.15, 0.2) is 40.9 Å². The van der Waals surface area contributed by atoms with E-state index in [0.717, 1.165) is 47.0 Å². The zero-order chi connectivity index (χ0) is 34.1. The molecule has 2 aromatic rings. The van der Waals surface area contributed by atoms with E-state index in [1.807, 2.05) is 50.3 Å². The molecule has 47 heavy (non-hydrogen) atoms. The quantitative estimate of drug-likeness (QED) is 0.249. The van der Waals surface area contributed by atoms with Crippen molar-refractivity contribution in [3.05, 3.63) is 46.5 Å². The van der Waals surface area contributed by atoms with Crippen LogP contribution in [-0.2, 0) is 23.9 Å². The molecule has 1 saturated carbocycles. The van der Waals surface area contributed by atoms with Crippen molar-refractivity contribution in [3.8, 4) is 5.88 Å². The van der Waals surface area contributed by atoms with Gasteiger partial charge in [-0.15, -0.1) is 0 Å². The van der Waals surface area contributed by atoms with Crippen LogP contribution < -0.4 is 4.74 Å². The lowest BCUT2D eigenvalue weighted by atomic mass is 10.0. The molecule has 0 bridgehead atoms. The average molecular weight is 713 g/mol. The number of benzene rings is 1. The number of rotatable bonds is 4. The van der Waals surface area contributed by atoms with Crippen LogP contribution in [0.1, 0.15) is 85.1 Å². The van der Waals surface area contributed by atoms with Gasteiger partial charge in [0.25, 0.3) is 5.91 Å². The van der Waals surface area contributed by atoms with Crippen LogP contribution in [0.4, 0.5) is 4.79 Å². The third kappa shape index (κ3) is 7.20. The Labute approximate surface area is 285 Å². The smallest absolute Gasteiger partial charge is 0.418 e. The summed E-state index contributed by atoms with van der Waals surface area (Å²) in [4.78, 5) is 63.8. The number of halogens is 1. The first-order valence-electron chi connectivity index (χ1n) is 16.7. The van der Waals surface area contributed by atoms with E-state index in [1.54, 1.807) is 27.7 Å². The van der Waals surface area contributed by atoms with Gasteiger partial charge in [0, 0.05) is 23.6 Å². The topological polar surface area (TPSA) is 115 Å². The van der Waals surface area contributed by atoms with Crippen molar-refractivity contribution in [2.75, 3.05) is 13.2 Å². The highest BCUT2D eigenvalue weighted by Gasteiger charge is 2.69. The first-order valence-corrected chi connectivity index (χ1v) is 17.5. The highest BCUT2D eigenvalue weighted by molar-refractivity contribution is 9.10. The lowest BCUT2D eigenvalue weighted by Gasteiger charge is -2.35. The van der Waals surface area contributed by atoms with Gasteiger partial charge in [0.1, 0.15) is 17.7 Å². The molecule has 3 amide bonds. The maximum Gasteiger partial charge on any atom is 0.418 e. The molecule has 1 aromatic carbocycles. The summed E-state index contributed by atoms with van der Waals surface area (Å²) < 4.78 is 18.4. The number of hydrogen-bond donors (Lipinski definition) is 0. The van der Waals surface area contributed by atoms with Crippen molar-refractivity contribution in [2.24, 2.45) is 11.8 Å². The largest absolute Gasteiger partial charge is 0.472 e. The lowest BCUT2D eigenvalue weighted by Crippen LogP contribution is -2.59. The van der Waals surface area contributed by atoms with E-state index >= 15 is 0 Å². The van der Waals surface area contributed by atoms with Crippen LogP contribution in [-0.4, -0.2) is 75.1 Å². The van der Waals surface area contributed by atoms with E-state index in [0.29, 0.717) is 16.8 Å². The van der Waals surface area contributed by atoms with Gasteiger partial charge in [-0.3, -0.25) is 9.59 Å². The predicted octanol–water partition coefficient (Wildman–Crippen LogP) is 6.90. The van der Waals surface area contributed by atoms with Gasteiger partial charge in [0.15, 0.2) is 5.54 Å². The molecule has 2 fully saturated rings. The third-order valence-electron chi connectivity index (χ3n) is 9.26. The Morgan fingerprint density at radius 2 is 1.85 bits per heavy atom. The first kappa shape index (κ1) is 34.9. The Hall–Kier alpha value is -3.47. The number of nitrogens with zero attached hydrogens (tertiary/aromatic N) is 3. The maximum absolute atomic E-state index is 14.8. The number of aryl methyl sites for hydroxylation is 1. The Morgan fingerprint density at radius 1 is 1.11 bits per heavy atom. The van der Waals surface area contributed by atoms with Crippen molar-refractivity contribution >= 4 is 50.7 Å². The van der Waals surface area contributed by atoms with E-state index in [-0.39, 0.29) is 37.8 Å². The Balaban J connectivity index is 1.56. The van der Waals surface area contributed by atoms with Crippen molar-refractivity contribution in [1.82, 2.24) is 14.8 Å². The van der Waals surface area contributed by atoms with Gasteiger partial charge in [-0.05, 0) is 87.9 Å². The summed E-state index contributed by atoms with van der Waals surface area (Å²) in [7, 11) is 0. The molecule has 2 aliphatic heterocycles. The van der Waals surface area contributed by atoms with Crippen molar-refractivity contribution in [1.29, 1.82) is 0 Å². The van der Waals surface area contributed by atoms with Crippen LogP contribution in [0.3, 0.4) is 0 Å². The second-order valence-electron chi connectivity index (χ2n) is 13.9.